The summed E-state index contributed by atoms with van der Waals surface area (Å²) in [5.74, 6) is 0.429. The van der Waals surface area contributed by atoms with E-state index in [9.17, 15) is 14.4 Å². The van der Waals surface area contributed by atoms with Crippen LogP contribution in [0.4, 0.5) is 0 Å². The van der Waals surface area contributed by atoms with E-state index < -0.39 is 23.9 Å². The van der Waals surface area contributed by atoms with Crippen LogP contribution >= 0.6 is 0 Å². The Hall–Kier alpha value is -3.55. The van der Waals surface area contributed by atoms with Crippen molar-refractivity contribution in [1.29, 1.82) is 0 Å². The second-order valence-electron chi connectivity index (χ2n) is 13.1. The van der Waals surface area contributed by atoms with Gasteiger partial charge in [-0.25, -0.2) is 0 Å². The molecule has 0 saturated carbocycles. The fourth-order valence-corrected chi connectivity index (χ4v) is 4.38. The first kappa shape index (κ1) is 33.7. The molecule has 8 heteroatoms. The van der Waals surface area contributed by atoms with Crippen molar-refractivity contribution in [3.63, 3.8) is 0 Å². The lowest BCUT2D eigenvalue weighted by Crippen LogP contribution is -2.55. The predicted octanol–water partition coefficient (Wildman–Crippen LogP) is 5.07. The Labute approximate surface area is 246 Å². The molecule has 0 aliphatic carbocycles. The summed E-state index contributed by atoms with van der Waals surface area (Å²) in [6.07, 6.45) is 0.664. The van der Waals surface area contributed by atoms with Crippen LogP contribution < -0.4 is 25.4 Å². The number of amides is 3. The van der Waals surface area contributed by atoms with Crippen LogP contribution in [-0.4, -0.2) is 49.1 Å². The van der Waals surface area contributed by atoms with Gasteiger partial charge in [-0.2, -0.15) is 0 Å². The maximum Gasteiger partial charge on any atom is 0.258 e. The summed E-state index contributed by atoms with van der Waals surface area (Å²) in [6, 6.07) is 11.7. The number of carbonyl (C=O) groups excluding carboxylic acids is 3. The highest BCUT2D eigenvalue weighted by Crippen LogP contribution is 2.27. The number of ether oxygens (including phenoxy) is 2. The molecule has 0 aromatic heterocycles. The summed E-state index contributed by atoms with van der Waals surface area (Å²) in [5, 5.41) is 8.33. The Morgan fingerprint density at radius 3 is 2.02 bits per heavy atom. The van der Waals surface area contributed by atoms with Crippen LogP contribution in [0.1, 0.15) is 84.4 Å². The fourth-order valence-electron chi connectivity index (χ4n) is 4.38. The summed E-state index contributed by atoms with van der Waals surface area (Å²) in [4.78, 5) is 39.2. The van der Waals surface area contributed by atoms with Gasteiger partial charge in [0.25, 0.3) is 5.91 Å². The molecule has 2 rings (SSSR count). The van der Waals surface area contributed by atoms with Crippen molar-refractivity contribution in [3.8, 4) is 11.5 Å². The van der Waals surface area contributed by atoms with Crippen LogP contribution in [0.2, 0.25) is 0 Å². The highest BCUT2D eigenvalue weighted by molar-refractivity contribution is 5.92. The van der Waals surface area contributed by atoms with Crippen molar-refractivity contribution in [2.24, 2.45) is 5.41 Å². The molecular formula is C33H49N3O5. The van der Waals surface area contributed by atoms with Gasteiger partial charge in [-0.05, 0) is 80.3 Å². The lowest BCUT2D eigenvalue weighted by molar-refractivity contribution is -0.132. The van der Waals surface area contributed by atoms with Crippen LogP contribution in [-0.2, 0) is 20.8 Å². The molecule has 3 amide bonds. The predicted molar refractivity (Wildman–Crippen MR) is 163 cm³/mol. The highest BCUT2D eigenvalue weighted by Gasteiger charge is 2.30. The third-order valence-corrected chi connectivity index (χ3v) is 6.28. The first-order valence-corrected chi connectivity index (χ1v) is 14.3. The largest absolute Gasteiger partial charge is 0.488 e. The van der Waals surface area contributed by atoms with Crippen molar-refractivity contribution < 1.29 is 23.9 Å². The van der Waals surface area contributed by atoms with E-state index in [1.807, 2.05) is 90.9 Å². The molecule has 1 unspecified atom stereocenters. The Kier molecular flexibility index (Phi) is 11.8. The van der Waals surface area contributed by atoms with E-state index >= 15 is 0 Å². The van der Waals surface area contributed by atoms with E-state index in [-0.39, 0.29) is 35.9 Å². The Bertz CT molecular complexity index is 1180. The quantitative estimate of drug-likeness (QED) is 0.332. The van der Waals surface area contributed by atoms with Gasteiger partial charge in [-0.3, -0.25) is 14.4 Å². The molecule has 0 radical (unpaired) electrons. The molecule has 2 aromatic rings. The average molecular weight is 568 g/mol. The zero-order valence-electron chi connectivity index (χ0n) is 26.4. The number of benzene rings is 2. The molecule has 0 aliphatic heterocycles. The topological polar surface area (TPSA) is 106 Å². The van der Waals surface area contributed by atoms with Gasteiger partial charge >= 0.3 is 0 Å². The lowest BCUT2D eigenvalue weighted by Gasteiger charge is -2.28. The minimum absolute atomic E-state index is 0.206. The Morgan fingerprint density at radius 1 is 0.854 bits per heavy atom. The molecule has 0 heterocycles. The summed E-state index contributed by atoms with van der Waals surface area (Å²) >= 11 is 0. The smallest absolute Gasteiger partial charge is 0.258 e. The SMILES string of the molecule is CNC(=O)C(CC(C)(C)C)NC(=O)[C@@H](Cc1ccc(OC(C)(C)C)cc1)NC(=O)COc1cc(C)ccc1C(C)C. The van der Waals surface area contributed by atoms with Crippen LogP contribution in [0.15, 0.2) is 42.5 Å². The van der Waals surface area contributed by atoms with Gasteiger partial charge < -0.3 is 25.4 Å². The van der Waals surface area contributed by atoms with Crippen molar-refractivity contribution in [1.82, 2.24) is 16.0 Å². The van der Waals surface area contributed by atoms with Gasteiger partial charge in [0, 0.05) is 13.5 Å². The van der Waals surface area contributed by atoms with E-state index in [1.54, 1.807) is 7.05 Å². The second kappa shape index (κ2) is 14.4. The number of carbonyl (C=O) groups is 3. The molecule has 0 aliphatic rings. The fraction of sp³-hybridized carbons (Fsp3) is 0.545. The molecule has 0 fully saturated rings. The molecule has 226 valence electrons. The number of hydrogen-bond acceptors (Lipinski definition) is 5. The van der Waals surface area contributed by atoms with E-state index in [0.29, 0.717) is 17.9 Å². The molecule has 0 bridgehead atoms. The van der Waals surface area contributed by atoms with Gasteiger partial charge in [0.2, 0.25) is 11.8 Å². The van der Waals surface area contributed by atoms with Crippen LogP contribution in [0, 0.1) is 12.3 Å². The van der Waals surface area contributed by atoms with E-state index in [1.165, 1.54) is 0 Å². The van der Waals surface area contributed by atoms with Gasteiger partial charge in [-0.15, -0.1) is 0 Å². The first-order chi connectivity index (χ1) is 19.0. The molecule has 2 aromatic carbocycles. The van der Waals surface area contributed by atoms with Gasteiger partial charge in [-0.1, -0.05) is 58.9 Å². The van der Waals surface area contributed by atoms with Gasteiger partial charge in [0.15, 0.2) is 6.61 Å². The molecule has 41 heavy (non-hydrogen) atoms. The molecule has 3 N–H and O–H groups in total. The third kappa shape index (κ3) is 11.8. The molecular weight excluding hydrogens is 518 g/mol. The summed E-state index contributed by atoms with van der Waals surface area (Å²) < 4.78 is 11.8. The summed E-state index contributed by atoms with van der Waals surface area (Å²) in [7, 11) is 1.54. The number of rotatable bonds is 12. The summed E-state index contributed by atoms with van der Waals surface area (Å²) in [6.45, 7) is 17.8. The van der Waals surface area contributed by atoms with E-state index in [0.717, 1.165) is 16.7 Å². The van der Waals surface area contributed by atoms with Crippen LogP contribution in [0.3, 0.4) is 0 Å². The zero-order chi connectivity index (χ0) is 31.0. The molecule has 0 spiro atoms. The zero-order valence-corrected chi connectivity index (χ0v) is 26.4. The monoisotopic (exact) mass is 567 g/mol. The normalized spacial score (nSPS) is 13.2. The first-order valence-electron chi connectivity index (χ1n) is 14.3. The van der Waals surface area contributed by atoms with Gasteiger partial charge in [0.05, 0.1) is 0 Å². The highest BCUT2D eigenvalue weighted by atomic mass is 16.5. The van der Waals surface area contributed by atoms with Crippen molar-refractivity contribution >= 4 is 17.7 Å². The lowest BCUT2D eigenvalue weighted by atomic mass is 9.87. The van der Waals surface area contributed by atoms with E-state index in [4.69, 9.17) is 9.47 Å². The minimum Gasteiger partial charge on any atom is -0.488 e. The second-order valence-corrected chi connectivity index (χ2v) is 13.1. The van der Waals surface area contributed by atoms with Crippen LogP contribution in [0.25, 0.3) is 0 Å². The van der Waals surface area contributed by atoms with Gasteiger partial charge in [0.1, 0.15) is 29.2 Å². The molecule has 0 saturated heterocycles. The maximum atomic E-state index is 13.5. The number of aryl methyl sites for hydroxylation is 1. The van der Waals surface area contributed by atoms with Crippen molar-refractivity contribution in [3.05, 3.63) is 59.2 Å². The molecule has 8 nitrogen and oxygen atoms in total. The average Bonchev–Trinajstić information content (AvgIpc) is 2.85. The standard InChI is InChI=1S/C33H49N3O5/c1-21(2)25-16-11-22(3)17-28(25)40-20-29(37)35-26(18-23-12-14-24(15-13-23)41-33(7,8)9)31(39)36-27(30(38)34-10)19-32(4,5)6/h11-17,21,26-27H,18-20H2,1-10H3,(H,34,38)(H,35,37)(H,36,39)/t26-,27?/m1/s1. The molecule has 2 atom stereocenters. The third-order valence-electron chi connectivity index (χ3n) is 6.28. The maximum absolute atomic E-state index is 13.5. The number of hydrogen-bond donors (Lipinski definition) is 3. The van der Waals surface area contributed by atoms with Crippen molar-refractivity contribution in [2.45, 2.75) is 98.8 Å². The van der Waals surface area contributed by atoms with Crippen molar-refractivity contribution in [2.75, 3.05) is 13.7 Å². The van der Waals surface area contributed by atoms with Crippen LogP contribution in [0.5, 0.6) is 11.5 Å². The Balaban J connectivity index is 2.25. The summed E-state index contributed by atoms with van der Waals surface area (Å²) in [5.41, 5.74) is 2.32. The number of likely N-dealkylation sites (N-methyl/N-ethyl adjacent to an activating group) is 1. The Morgan fingerprint density at radius 2 is 1.49 bits per heavy atom. The minimum atomic E-state index is -0.922. The van der Waals surface area contributed by atoms with E-state index in [2.05, 4.69) is 29.8 Å². The number of nitrogens with one attached hydrogen (secondary N) is 3.